The molecule has 0 aliphatic heterocycles. The van der Waals surface area contributed by atoms with E-state index in [1.165, 1.54) is 12.8 Å². The van der Waals surface area contributed by atoms with E-state index in [4.69, 9.17) is 0 Å². The monoisotopic (exact) mass is 208 g/mol. The lowest BCUT2D eigenvalue weighted by atomic mass is 10.0. The van der Waals surface area contributed by atoms with E-state index >= 15 is 0 Å². The van der Waals surface area contributed by atoms with Crippen molar-refractivity contribution in [2.24, 2.45) is 12.5 Å². The molecule has 1 heterocycles. The molecule has 4 heteroatoms. The van der Waals surface area contributed by atoms with Gasteiger partial charge < -0.3 is 5.32 Å². The summed E-state index contributed by atoms with van der Waals surface area (Å²) < 4.78 is 1.88. The molecule has 0 radical (unpaired) electrons. The normalized spacial score (nSPS) is 18.4. The molecule has 2 rings (SSSR count). The standard InChI is InChI=1S/C11H20N4/c1-9(2)12-7-11(4-5-11)6-10-13-8-14-15(10)3/h8-9,12H,4-7H2,1-3H3. The quantitative estimate of drug-likeness (QED) is 0.789. The average molecular weight is 208 g/mol. The lowest BCUT2D eigenvalue weighted by molar-refractivity contribution is 0.415. The molecule has 0 atom stereocenters. The molecule has 1 aromatic rings. The van der Waals surface area contributed by atoms with Gasteiger partial charge >= 0.3 is 0 Å². The van der Waals surface area contributed by atoms with Gasteiger partial charge in [0.25, 0.3) is 0 Å². The molecular formula is C11H20N4. The van der Waals surface area contributed by atoms with E-state index in [1.54, 1.807) is 6.33 Å². The van der Waals surface area contributed by atoms with E-state index in [0.717, 1.165) is 18.8 Å². The fraction of sp³-hybridized carbons (Fsp3) is 0.818. The van der Waals surface area contributed by atoms with Crippen LogP contribution in [0.25, 0.3) is 0 Å². The van der Waals surface area contributed by atoms with Crippen molar-refractivity contribution in [2.75, 3.05) is 6.54 Å². The van der Waals surface area contributed by atoms with Crippen LogP contribution in [-0.2, 0) is 13.5 Å². The summed E-state index contributed by atoms with van der Waals surface area (Å²) in [5.74, 6) is 1.11. The van der Waals surface area contributed by atoms with Gasteiger partial charge in [-0.15, -0.1) is 0 Å². The Bertz CT molecular complexity index is 325. The van der Waals surface area contributed by atoms with Gasteiger partial charge in [0.1, 0.15) is 12.2 Å². The van der Waals surface area contributed by atoms with Crippen molar-refractivity contribution in [1.82, 2.24) is 20.1 Å². The summed E-state index contributed by atoms with van der Waals surface area (Å²) in [6.45, 7) is 5.49. The molecule has 0 unspecified atom stereocenters. The Hall–Kier alpha value is -0.900. The van der Waals surface area contributed by atoms with E-state index in [1.807, 2.05) is 11.7 Å². The minimum atomic E-state index is 0.463. The van der Waals surface area contributed by atoms with Crippen LogP contribution in [0.4, 0.5) is 0 Å². The zero-order chi connectivity index (χ0) is 10.9. The first-order valence-corrected chi connectivity index (χ1v) is 5.68. The third kappa shape index (κ3) is 2.56. The van der Waals surface area contributed by atoms with Gasteiger partial charge in [-0.25, -0.2) is 4.98 Å². The Labute approximate surface area is 91.1 Å². The Balaban J connectivity index is 1.91. The maximum absolute atomic E-state index is 4.29. The lowest BCUT2D eigenvalue weighted by Crippen LogP contribution is -2.31. The molecule has 0 amide bonds. The summed E-state index contributed by atoms with van der Waals surface area (Å²) in [5.41, 5.74) is 0.463. The minimum absolute atomic E-state index is 0.463. The zero-order valence-corrected chi connectivity index (χ0v) is 9.82. The van der Waals surface area contributed by atoms with Gasteiger partial charge in [-0.05, 0) is 18.3 Å². The third-order valence-corrected chi connectivity index (χ3v) is 3.18. The van der Waals surface area contributed by atoms with Crippen molar-refractivity contribution in [2.45, 2.75) is 39.2 Å². The van der Waals surface area contributed by atoms with Crippen LogP contribution in [0.3, 0.4) is 0 Å². The van der Waals surface area contributed by atoms with Crippen molar-refractivity contribution in [3.63, 3.8) is 0 Å². The van der Waals surface area contributed by atoms with Crippen molar-refractivity contribution in [3.05, 3.63) is 12.2 Å². The van der Waals surface area contributed by atoms with Gasteiger partial charge in [0, 0.05) is 26.1 Å². The van der Waals surface area contributed by atoms with Crippen LogP contribution >= 0.6 is 0 Å². The largest absolute Gasteiger partial charge is 0.314 e. The number of rotatable bonds is 5. The molecule has 0 spiro atoms. The van der Waals surface area contributed by atoms with Gasteiger partial charge in [0.2, 0.25) is 0 Å². The Morgan fingerprint density at radius 2 is 2.27 bits per heavy atom. The fourth-order valence-electron chi connectivity index (χ4n) is 1.83. The second-order valence-corrected chi connectivity index (χ2v) is 5.01. The Morgan fingerprint density at radius 3 is 2.73 bits per heavy atom. The number of nitrogens with one attached hydrogen (secondary N) is 1. The number of hydrogen-bond donors (Lipinski definition) is 1. The summed E-state index contributed by atoms with van der Waals surface area (Å²) in [6.07, 6.45) is 5.34. The van der Waals surface area contributed by atoms with Crippen LogP contribution in [0, 0.1) is 5.41 Å². The number of nitrogens with zero attached hydrogens (tertiary/aromatic N) is 3. The first-order chi connectivity index (χ1) is 7.11. The molecule has 1 aliphatic rings. The first kappa shape index (κ1) is 10.6. The highest BCUT2D eigenvalue weighted by Crippen LogP contribution is 2.47. The fourth-order valence-corrected chi connectivity index (χ4v) is 1.83. The van der Waals surface area contributed by atoms with Gasteiger partial charge in [-0.1, -0.05) is 13.8 Å². The molecular weight excluding hydrogens is 188 g/mol. The molecule has 0 aromatic carbocycles. The summed E-state index contributed by atoms with van der Waals surface area (Å²) in [4.78, 5) is 4.29. The van der Waals surface area contributed by atoms with Gasteiger partial charge in [0.05, 0.1) is 0 Å². The summed E-state index contributed by atoms with van der Waals surface area (Å²) >= 11 is 0. The summed E-state index contributed by atoms with van der Waals surface area (Å²) in [5, 5.41) is 7.63. The molecule has 1 aromatic heterocycles. The minimum Gasteiger partial charge on any atom is -0.314 e. The Morgan fingerprint density at radius 1 is 1.53 bits per heavy atom. The third-order valence-electron chi connectivity index (χ3n) is 3.18. The highest BCUT2D eigenvalue weighted by atomic mass is 15.3. The van der Waals surface area contributed by atoms with Crippen molar-refractivity contribution in [1.29, 1.82) is 0 Å². The van der Waals surface area contributed by atoms with E-state index in [0.29, 0.717) is 11.5 Å². The molecule has 4 nitrogen and oxygen atoms in total. The van der Waals surface area contributed by atoms with Crippen molar-refractivity contribution in [3.8, 4) is 0 Å². The van der Waals surface area contributed by atoms with Crippen LogP contribution in [0.1, 0.15) is 32.5 Å². The molecule has 0 bridgehead atoms. The van der Waals surface area contributed by atoms with E-state index in [-0.39, 0.29) is 0 Å². The molecule has 84 valence electrons. The van der Waals surface area contributed by atoms with Crippen molar-refractivity contribution >= 4 is 0 Å². The van der Waals surface area contributed by atoms with Crippen LogP contribution in [0.2, 0.25) is 0 Å². The molecule has 1 aliphatic carbocycles. The predicted octanol–water partition coefficient (Wildman–Crippen LogP) is 1.14. The van der Waals surface area contributed by atoms with Crippen LogP contribution in [-0.4, -0.2) is 27.4 Å². The predicted molar refractivity (Wildman–Crippen MR) is 59.5 cm³/mol. The second kappa shape index (κ2) is 3.93. The van der Waals surface area contributed by atoms with Gasteiger partial charge in [0.15, 0.2) is 0 Å². The average Bonchev–Trinajstić information content (AvgIpc) is 2.83. The molecule has 1 N–H and O–H groups in total. The topological polar surface area (TPSA) is 42.7 Å². The second-order valence-electron chi connectivity index (χ2n) is 5.01. The number of aryl methyl sites for hydroxylation is 1. The number of aromatic nitrogens is 3. The molecule has 1 saturated carbocycles. The highest BCUT2D eigenvalue weighted by Gasteiger charge is 2.43. The van der Waals surface area contributed by atoms with E-state index in [9.17, 15) is 0 Å². The SMILES string of the molecule is CC(C)NCC1(Cc2ncnn2C)CC1. The number of hydrogen-bond acceptors (Lipinski definition) is 3. The smallest absolute Gasteiger partial charge is 0.138 e. The van der Waals surface area contributed by atoms with Crippen LogP contribution < -0.4 is 5.32 Å². The maximum atomic E-state index is 4.29. The summed E-state index contributed by atoms with van der Waals surface area (Å²) in [6, 6.07) is 0.571. The van der Waals surface area contributed by atoms with Gasteiger partial charge in [-0.3, -0.25) is 4.68 Å². The molecule has 1 fully saturated rings. The zero-order valence-electron chi connectivity index (χ0n) is 9.82. The Kier molecular flexibility index (Phi) is 2.78. The van der Waals surface area contributed by atoms with E-state index in [2.05, 4.69) is 29.2 Å². The maximum Gasteiger partial charge on any atom is 0.138 e. The van der Waals surface area contributed by atoms with Gasteiger partial charge in [-0.2, -0.15) is 5.10 Å². The first-order valence-electron chi connectivity index (χ1n) is 5.68. The van der Waals surface area contributed by atoms with Crippen molar-refractivity contribution < 1.29 is 0 Å². The molecule has 15 heavy (non-hydrogen) atoms. The lowest BCUT2D eigenvalue weighted by Gasteiger charge is -2.17. The van der Waals surface area contributed by atoms with E-state index < -0.39 is 0 Å². The summed E-state index contributed by atoms with van der Waals surface area (Å²) in [7, 11) is 1.97. The highest BCUT2D eigenvalue weighted by molar-refractivity contribution is 5.03. The molecule has 0 saturated heterocycles. The van der Waals surface area contributed by atoms with Crippen LogP contribution in [0.15, 0.2) is 6.33 Å². The van der Waals surface area contributed by atoms with Crippen LogP contribution in [0.5, 0.6) is 0 Å².